The summed E-state index contributed by atoms with van der Waals surface area (Å²) in [6.07, 6.45) is -2.07. The molecule has 1 fully saturated rings. The number of nitrogens with one attached hydrogen (secondary N) is 1. The van der Waals surface area contributed by atoms with E-state index in [1.165, 1.54) is 12.1 Å². The van der Waals surface area contributed by atoms with Gasteiger partial charge in [-0.3, -0.25) is 14.5 Å². The molecule has 0 spiro atoms. The van der Waals surface area contributed by atoms with Crippen LogP contribution in [-0.2, 0) is 22.2 Å². The van der Waals surface area contributed by atoms with Crippen molar-refractivity contribution in [2.24, 2.45) is 0 Å². The number of thiocarbonyl (C=S) groups is 1. The van der Waals surface area contributed by atoms with Crippen molar-refractivity contribution >= 4 is 57.6 Å². The maximum atomic E-state index is 13.2. The molecular formula is C29H25F3N2O4S2. The van der Waals surface area contributed by atoms with E-state index in [0.29, 0.717) is 29.4 Å². The van der Waals surface area contributed by atoms with Gasteiger partial charge in [-0.05, 0) is 73.0 Å². The zero-order valence-electron chi connectivity index (χ0n) is 21.6. The van der Waals surface area contributed by atoms with Crippen LogP contribution in [-0.4, -0.2) is 29.3 Å². The summed E-state index contributed by atoms with van der Waals surface area (Å²) in [4.78, 5) is 26.8. The molecule has 1 aliphatic heterocycles. The molecule has 1 saturated heterocycles. The lowest BCUT2D eigenvalue weighted by molar-refractivity contribution is -0.137. The van der Waals surface area contributed by atoms with Crippen LogP contribution in [0.15, 0.2) is 71.6 Å². The van der Waals surface area contributed by atoms with Gasteiger partial charge in [0.05, 0.1) is 22.8 Å². The number of ether oxygens (including phenoxy) is 2. The molecule has 11 heteroatoms. The highest BCUT2D eigenvalue weighted by Crippen LogP contribution is 2.39. The number of benzene rings is 3. The van der Waals surface area contributed by atoms with Gasteiger partial charge in [0, 0.05) is 5.69 Å². The van der Waals surface area contributed by atoms with Crippen LogP contribution in [0, 0.1) is 0 Å². The van der Waals surface area contributed by atoms with Crippen LogP contribution >= 0.6 is 24.0 Å². The van der Waals surface area contributed by atoms with Crippen molar-refractivity contribution in [3.63, 3.8) is 0 Å². The van der Waals surface area contributed by atoms with E-state index in [9.17, 15) is 22.8 Å². The van der Waals surface area contributed by atoms with E-state index in [0.717, 1.165) is 40.8 Å². The maximum absolute atomic E-state index is 13.2. The van der Waals surface area contributed by atoms with Crippen molar-refractivity contribution in [1.29, 1.82) is 0 Å². The fourth-order valence-corrected chi connectivity index (χ4v) is 5.13. The molecule has 3 aromatic rings. The predicted molar refractivity (Wildman–Crippen MR) is 155 cm³/mol. The summed E-state index contributed by atoms with van der Waals surface area (Å²) in [5.41, 5.74) is 1.57. The zero-order chi connectivity index (χ0) is 28.9. The Morgan fingerprint density at radius 1 is 1.02 bits per heavy atom. The van der Waals surface area contributed by atoms with E-state index in [2.05, 4.69) is 5.32 Å². The van der Waals surface area contributed by atoms with E-state index in [1.807, 2.05) is 31.2 Å². The molecule has 0 aliphatic carbocycles. The van der Waals surface area contributed by atoms with Crippen molar-refractivity contribution < 1.29 is 32.2 Å². The molecule has 0 radical (unpaired) electrons. The third kappa shape index (κ3) is 7.02. The van der Waals surface area contributed by atoms with Crippen LogP contribution in [0.2, 0.25) is 0 Å². The summed E-state index contributed by atoms with van der Waals surface area (Å²) >= 11 is 6.29. The van der Waals surface area contributed by atoms with E-state index in [1.54, 1.807) is 31.2 Å². The number of aryl methyl sites for hydroxylation is 1. The Morgan fingerprint density at radius 2 is 1.77 bits per heavy atom. The Kier molecular flexibility index (Phi) is 9.16. The SMILES string of the molecule is CCOc1cc(/C=C2\SC(=S)N(c3cccc(C(F)(F)F)c3)C2=O)ccc1OCC(=O)Nc1ccc(CC)cc1. The van der Waals surface area contributed by atoms with Gasteiger partial charge in [-0.15, -0.1) is 0 Å². The Bertz CT molecular complexity index is 1460. The number of rotatable bonds is 9. The highest BCUT2D eigenvalue weighted by Gasteiger charge is 2.36. The van der Waals surface area contributed by atoms with Gasteiger partial charge in [-0.25, -0.2) is 0 Å². The number of thioether (sulfide) groups is 1. The van der Waals surface area contributed by atoms with Crippen LogP contribution in [0.4, 0.5) is 24.5 Å². The van der Waals surface area contributed by atoms with Crippen molar-refractivity contribution in [3.05, 3.63) is 88.3 Å². The fourth-order valence-electron chi connectivity index (χ4n) is 3.83. The summed E-state index contributed by atoms with van der Waals surface area (Å²) in [5.74, 6) is -0.165. The number of carbonyl (C=O) groups is 2. The van der Waals surface area contributed by atoms with E-state index < -0.39 is 17.6 Å². The van der Waals surface area contributed by atoms with Crippen LogP contribution in [0.1, 0.15) is 30.5 Å². The molecule has 0 aromatic heterocycles. The normalized spacial score (nSPS) is 14.5. The maximum Gasteiger partial charge on any atom is 0.416 e. The van der Waals surface area contributed by atoms with Gasteiger partial charge in [0.2, 0.25) is 0 Å². The van der Waals surface area contributed by atoms with Crippen LogP contribution in [0.5, 0.6) is 11.5 Å². The predicted octanol–water partition coefficient (Wildman–Crippen LogP) is 7.09. The van der Waals surface area contributed by atoms with Gasteiger partial charge in [-0.1, -0.05) is 55.2 Å². The van der Waals surface area contributed by atoms with E-state index >= 15 is 0 Å². The molecule has 0 atom stereocenters. The first-order chi connectivity index (χ1) is 19.1. The molecule has 208 valence electrons. The molecule has 1 heterocycles. The number of alkyl halides is 3. The second kappa shape index (κ2) is 12.6. The highest BCUT2D eigenvalue weighted by atomic mass is 32.2. The van der Waals surface area contributed by atoms with Crippen LogP contribution < -0.4 is 19.7 Å². The Hall–Kier alpha value is -3.83. The number of halogens is 3. The minimum atomic E-state index is -4.55. The van der Waals surface area contributed by atoms with Crippen molar-refractivity contribution in [3.8, 4) is 11.5 Å². The van der Waals surface area contributed by atoms with Gasteiger partial charge in [0.1, 0.15) is 0 Å². The second-order valence-electron chi connectivity index (χ2n) is 8.59. The number of anilines is 2. The number of hydrogen-bond donors (Lipinski definition) is 1. The van der Waals surface area contributed by atoms with Crippen LogP contribution in [0.3, 0.4) is 0 Å². The van der Waals surface area contributed by atoms with Crippen molar-refractivity contribution in [2.45, 2.75) is 26.4 Å². The summed E-state index contributed by atoms with van der Waals surface area (Å²) in [6, 6.07) is 16.9. The van der Waals surface area contributed by atoms with E-state index in [4.69, 9.17) is 21.7 Å². The Balaban J connectivity index is 1.47. The second-order valence-corrected chi connectivity index (χ2v) is 10.3. The largest absolute Gasteiger partial charge is 0.490 e. The fraction of sp³-hybridized carbons (Fsp3) is 0.207. The van der Waals surface area contributed by atoms with Gasteiger partial charge in [0.25, 0.3) is 11.8 Å². The summed E-state index contributed by atoms with van der Waals surface area (Å²) < 4.78 is 51.0. The summed E-state index contributed by atoms with van der Waals surface area (Å²) in [6.45, 7) is 3.93. The van der Waals surface area contributed by atoms with Crippen LogP contribution in [0.25, 0.3) is 6.08 Å². The zero-order valence-corrected chi connectivity index (χ0v) is 23.2. The number of nitrogens with zero attached hydrogens (tertiary/aromatic N) is 1. The number of hydrogen-bond acceptors (Lipinski definition) is 6. The molecule has 0 unspecified atom stereocenters. The highest BCUT2D eigenvalue weighted by molar-refractivity contribution is 8.27. The van der Waals surface area contributed by atoms with Gasteiger partial charge >= 0.3 is 6.18 Å². The molecule has 6 nitrogen and oxygen atoms in total. The minimum absolute atomic E-state index is 0.0408. The van der Waals surface area contributed by atoms with Gasteiger partial charge < -0.3 is 14.8 Å². The first kappa shape index (κ1) is 29.2. The molecular weight excluding hydrogens is 561 g/mol. The number of carbonyl (C=O) groups excluding carboxylic acids is 2. The van der Waals surface area contributed by atoms with Crippen molar-refractivity contribution in [2.75, 3.05) is 23.4 Å². The standard InChI is InChI=1S/C29H25F3N2O4S2/c1-3-18-8-11-21(12-9-18)33-26(35)17-38-23-13-10-19(14-24(23)37-4-2)15-25-27(36)34(28(39)40-25)22-7-5-6-20(16-22)29(30,31)32/h5-16H,3-4,17H2,1-2H3,(H,33,35)/b25-15-. The molecule has 1 aliphatic rings. The summed E-state index contributed by atoms with van der Waals surface area (Å²) in [7, 11) is 0. The van der Waals surface area contributed by atoms with Crippen molar-refractivity contribution in [1.82, 2.24) is 0 Å². The lowest BCUT2D eigenvalue weighted by Crippen LogP contribution is -2.27. The van der Waals surface area contributed by atoms with Gasteiger partial charge in [-0.2, -0.15) is 13.2 Å². The quantitative estimate of drug-likeness (QED) is 0.213. The molecule has 40 heavy (non-hydrogen) atoms. The Labute approximate surface area is 239 Å². The summed E-state index contributed by atoms with van der Waals surface area (Å²) in [5, 5.41) is 2.78. The monoisotopic (exact) mass is 586 g/mol. The molecule has 2 amide bonds. The molecule has 0 bridgehead atoms. The minimum Gasteiger partial charge on any atom is -0.490 e. The third-order valence-corrected chi connectivity index (χ3v) is 7.10. The number of amides is 2. The topological polar surface area (TPSA) is 67.9 Å². The van der Waals surface area contributed by atoms with Gasteiger partial charge in [0.15, 0.2) is 22.4 Å². The molecule has 4 rings (SSSR count). The first-order valence-corrected chi connectivity index (χ1v) is 13.5. The average molecular weight is 587 g/mol. The third-order valence-electron chi connectivity index (χ3n) is 5.80. The molecule has 1 N–H and O–H groups in total. The lowest BCUT2D eigenvalue weighted by Gasteiger charge is -2.16. The molecule has 0 saturated carbocycles. The smallest absolute Gasteiger partial charge is 0.416 e. The molecule has 3 aromatic carbocycles. The Morgan fingerprint density at radius 3 is 2.45 bits per heavy atom. The lowest BCUT2D eigenvalue weighted by atomic mass is 10.1. The average Bonchev–Trinajstić information content (AvgIpc) is 3.20. The first-order valence-electron chi connectivity index (χ1n) is 12.3. The van der Waals surface area contributed by atoms with E-state index in [-0.39, 0.29) is 27.4 Å².